The first-order chi connectivity index (χ1) is 7.69. The molecule has 2 rings (SSSR count). The molecular formula is C12H17FN2O. The molecule has 1 aromatic rings. The van der Waals surface area contributed by atoms with Crippen LogP contribution in [0.5, 0.6) is 0 Å². The van der Waals surface area contributed by atoms with Crippen LogP contribution in [0.1, 0.15) is 6.92 Å². The van der Waals surface area contributed by atoms with Crippen molar-refractivity contribution >= 4 is 5.69 Å². The Hall–Kier alpha value is -1.13. The number of hydrogen-bond acceptors (Lipinski definition) is 3. The molecule has 0 aromatic heterocycles. The van der Waals surface area contributed by atoms with Crippen LogP contribution >= 0.6 is 0 Å². The molecule has 2 unspecified atom stereocenters. The zero-order valence-corrected chi connectivity index (χ0v) is 9.40. The van der Waals surface area contributed by atoms with Crippen LogP contribution in [0.3, 0.4) is 0 Å². The fourth-order valence-corrected chi connectivity index (χ4v) is 2.04. The van der Waals surface area contributed by atoms with Crippen molar-refractivity contribution in [3.05, 3.63) is 30.1 Å². The second-order valence-electron chi connectivity index (χ2n) is 4.19. The van der Waals surface area contributed by atoms with E-state index in [-0.39, 0.29) is 18.0 Å². The SMILES string of the molecule is CC1CN(c2ccc(F)cc2)CC(CN)O1. The lowest BCUT2D eigenvalue weighted by molar-refractivity contribution is -0.0104. The summed E-state index contributed by atoms with van der Waals surface area (Å²) in [6.07, 6.45) is 0.223. The van der Waals surface area contributed by atoms with E-state index in [1.807, 2.05) is 6.92 Å². The minimum Gasteiger partial charge on any atom is -0.370 e. The zero-order valence-electron chi connectivity index (χ0n) is 9.40. The van der Waals surface area contributed by atoms with E-state index in [1.165, 1.54) is 12.1 Å². The first kappa shape index (κ1) is 11.4. The molecule has 0 saturated carbocycles. The molecule has 16 heavy (non-hydrogen) atoms. The van der Waals surface area contributed by atoms with Gasteiger partial charge in [0.2, 0.25) is 0 Å². The Kier molecular flexibility index (Phi) is 3.41. The Morgan fingerprint density at radius 1 is 1.38 bits per heavy atom. The van der Waals surface area contributed by atoms with Crippen molar-refractivity contribution < 1.29 is 9.13 Å². The average molecular weight is 224 g/mol. The molecule has 1 saturated heterocycles. The van der Waals surface area contributed by atoms with E-state index in [1.54, 1.807) is 12.1 Å². The molecule has 2 N–H and O–H groups in total. The molecule has 1 aliphatic heterocycles. The molecule has 3 nitrogen and oxygen atoms in total. The van der Waals surface area contributed by atoms with Gasteiger partial charge in [0.25, 0.3) is 0 Å². The smallest absolute Gasteiger partial charge is 0.123 e. The fraction of sp³-hybridized carbons (Fsp3) is 0.500. The number of anilines is 1. The van der Waals surface area contributed by atoms with E-state index in [4.69, 9.17) is 10.5 Å². The van der Waals surface area contributed by atoms with Crippen molar-refractivity contribution in [2.24, 2.45) is 5.73 Å². The number of nitrogens with two attached hydrogens (primary N) is 1. The summed E-state index contributed by atoms with van der Waals surface area (Å²) in [7, 11) is 0. The van der Waals surface area contributed by atoms with Gasteiger partial charge >= 0.3 is 0 Å². The standard InChI is InChI=1S/C12H17FN2O/c1-9-7-15(8-12(6-14)16-9)11-4-2-10(13)3-5-11/h2-5,9,12H,6-8,14H2,1H3. The second-order valence-corrected chi connectivity index (χ2v) is 4.19. The first-order valence-corrected chi connectivity index (χ1v) is 5.55. The third-order valence-corrected chi connectivity index (χ3v) is 2.78. The third-order valence-electron chi connectivity index (χ3n) is 2.78. The minimum atomic E-state index is -0.208. The van der Waals surface area contributed by atoms with Crippen LogP contribution in [0, 0.1) is 5.82 Å². The zero-order chi connectivity index (χ0) is 11.5. The van der Waals surface area contributed by atoms with Crippen LogP contribution in [-0.4, -0.2) is 31.8 Å². The number of morpholine rings is 1. The molecule has 0 amide bonds. The van der Waals surface area contributed by atoms with Gasteiger partial charge in [-0.25, -0.2) is 4.39 Å². The van der Waals surface area contributed by atoms with Gasteiger partial charge < -0.3 is 15.4 Å². The van der Waals surface area contributed by atoms with Crippen LogP contribution in [0.25, 0.3) is 0 Å². The summed E-state index contributed by atoms with van der Waals surface area (Å²) in [5.74, 6) is -0.208. The van der Waals surface area contributed by atoms with Crippen LogP contribution in [0.4, 0.5) is 10.1 Å². The number of halogens is 1. The molecule has 88 valence electrons. The van der Waals surface area contributed by atoms with Gasteiger partial charge in [-0.05, 0) is 31.2 Å². The molecule has 2 atom stereocenters. The monoisotopic (exact) mass is 224 g/mol. The lowest BCUT2D eigenvalue weighted by atomic mass is 10.2. The Morgan fingerprint density at radius 3 is 2.69 bits per heavy atom. The molecule has 1 fully saturated rings. The summed E-state index contributed by atoms with van der Waals surface area (Å²) in [5, 5.41) is 0. The number of hydrogen-bond donors (Lipinski definition) is 1. The maximum Gasteiger partial charge on any atom is 0.123 e. The summed E-state index contributed by atoms with van der Waals surface area (Å²) in [4.78, 5) is 2.19. The Bertz CT molecular complexity index is 341. The maximum atomic E-state index is 12.8. The average Bonchev–Trinajstić information content (AvgIpc) is 2.29. The second kappa shape index (κ2) is 4.80. The van der Waals surface area contributed by atoms with Crippen molar-refractivity contribution in [3.63, 3.8) is 0 Å². The van der Waals surface area contributed by atoms with Crippen molar-refractivity contribution in [1.29, 1.82) is 0 Å². The number of benzene rings is 1. The lowest BCUT2D eigenvalue weighted by Gasteiger charge is -2.37. The van der Waals surface area contributed by atoms with Gasteiger partial charge in [0.1, 0.15) is 5.82 Å². The molecule has 0 bridgehead atoms. The van der Waals surface area contributed by atoms with Gasteiger partial charge in [0.05, 0.1) is 12.2 Å². The van der Waals surface area contributed by atoms with Crippen LogP contribution < -0.4 is 10.6 Å². The van der Waals surface area contributed by atoms with Crippen molar-refractivity contribution in [1.82, 2.24) is 0 Å². The van der Waals surface area contributed by atoms with E-state index in [0.717, 1.165) is 18.8 Å². The summed E-state index contributed by atoms with van der Waals surface area (Å²) in [6.45, 7) is 4.13. The van der Waals surface area contributed by atoms with Gasteiger partial charge in [-0.3, -0.25) is 0 Å². The molecule has 0 spiro atoms. The molecule has 1 aliphatic rings. The topological polar surface area (TPSA) is 38.5 Å². The highest BCUT2D eigenvalue weighted by molar-refractivity contribution is 5.46. The maximum absolute atomic E-state index is 12.8. The van der Waals surface area contributed by atoms with E-state index in [0.29, 0.717) is 6.54 Å². The third kappa shape index (κ3) is 2.51. The van der Waals surface area contributed by atoms with Gasteiger partial charge in [-0.2, -0.15) is 0 Å². The Balaban J connectivity index is 2.11. The van der Waals surface area contributed by atoms with Gasteiger partial charge in [0, 0.05) is 25.3 Å². The minimum absolute atomic E-state index is 0.0637. The quantitative estimate of drug-likeness (QED) is 0.824. The Labute approximate surface area is 95.0 Å². The highest BCUT2D eigenvalue weighted by atomic mass is 19.1. The van der Waals surface area contributed by atoms with Gasteiger partial charge in [0.15, 0.2) is 0 Å². The first-order valence-electron chi connectivity index (χ1n) is 5.55. The molecule has 1 heterocycles. The van der Waals surface area contributed by atoms with Gasteiger partial charge in [-0.1, -0.05) is 0 Å². The summed E-state index contributed by atoms with van der Waals surface area (Å²) < 4.78 is 18.5. The van der Waals surface area contributed by atoms with Crippen molar-refractivity contribution in [3.8, 4) is 0 Å². The molecule has 0 aliphatic carbocycles. The number of ether oxygens (including phenoxy) is 1. The largest absolute Gasteiger partial charge is 0.370 e. The molecule has 4 heteroatoms. The van der Waals surface area contributed by atoms with Crippen LogP contribution in [-0.2, 0) is 4.74 Å². The van der Waals surface area contributed by atoms with Crippen molar-refractivity contribution in [2.75, 3.05) is 24.5 Å². The van der Waals surface area contributed by atoms with Crippen LogP contribution in [0.2, 0.25) is 0 Å². The summed E-state index contributed by atoms with van der Waals surface area (Å²) in [6, 6.07) is 6.54. The summed E-state index contributed by atoms with van der Waals surface area (Å²) >= 11 is 0. The lowest BCUT2D eigenvalue weighted by Crippen LogP contribution is -2.49. The predicted octanol–water partition coefficient (Wildman–Crippen LogP) is 1.38. The van der Waals surface area contributed by atoms with Gasteiger partial charge in [-0.15, -0.1) is 0 Å². The van der Waals surface area contributed by atoms with Crippen molar-refractivity contribution in [2.45, 2.75) is 19.1 Å². The van der Waals surface area contributed by atoms with E-state index in [2.05, 4.69) is 4.90 Å². The molecule has 0 radical (unpaired) electrons. The predicted molar refractivity (Wildman–Crippen MR) is 62.0 cm³/mol. The highest BCUT2D eigenvalue weighted by Crippen LogP contribution is 2.20. The highest BCUT2D eigenvalue weighted by Gasteiger charge is 2.24. The van der Waals surface area contributed by atoms with E-state index < -0.39 is 0 Å². The van der Waals surface area contributed by atoms with Crippen LogP contribution in [0.15, 0.2) is 24.3 Å². The Morgan fingerprint density at radius 2 is 2.06 bits per heavy atom. The summed E-state index contributed by atoms with van der Waals surface area (Å²) in [5.41, 5.74) is 6.64. The van der Waals surface area contributed by atoms with E-state index >= 15 is 0 Å². The fourth-order valence-electron chi connectivity index (χ4n) is 2.04. The van der Waals surface area contributed by atoms with E-state index in [9.17, 15) is 4.39 Å². The molecule has 1 aromatic carbocycles. The normalized spacial score (nSPS) is 25.8. The number of rotatable bonds is 2. The number of nitrogens with zero attached hydrogens (tertiary/aromatic N) is 1. The molecular weight excluding hydrogens is 207 g/mol.